The summed E-state index contributed by atoms with van der Waals surface area (Å²) in [5.41, 5.74) is 4.73. The molecule has 0 aromatic heterocycles. The van der Waals surface area contributed by atoms with Gasteiger partial charge in [0, 0.05) is 11.8 Å². The van der Waals surface area contributed by atoms with Gasteiger partial charge >= 0.3 is 0 Å². The largest absolute Gasteiger partial charge is 0.507 e. The number of phenolic OH excluding ortho intramolecular Hbond substituents is 1. The number of aliphatic imine (C=N–C) groups is 1. The number of nitrogens with zero attached hydrogens (tertiary/aromatic N) is 1. The fourth-order valence-corrected chi connectivity index (χ4v) is 1.90. The van der Waals surface area contributed by atoms with Gasteiger partial charge in [-0.1, -0.05) is 24.3 Å². The van der Waals surface area contributed by atoms with Crippen LogP contribution in [-0.4, -0.2) is 11.3 Å². The van der Waals surface area contributed by atoms with E-state index in [2.05, 4.69) is 11.1 Å². The summed E-state index contributed by atoms with van der Waals surface area (Å²) in [6.07, 6.45) is 1.73. The molecule has 2 heteroatoms. The molecule has 18 heavy (non-hydrogen) atoms. The monoisotopic (exact) mass is 239 g/mol. The second-order valence-electron chi connectivity index (χ2n) is 4.49. The maximum absolute atomic E-state index is 10.1. The van der Waals surface area contributed by atoms with Gasteiger partial charge in [0.1, 0.15) is 5.75 Å². The quantitative estimate of drug-likeness (QED) is 0.787. The SMILES string of the molecule is Cc1cc(C)c(C=Nc2ccccc2)c(O)c1C. The van der Waals surface area contributed by atoms with E-state index in [1.807, 2.05) is 51.1 Å². The average Bonchev–Trinajstić information content (AvgIpc) is 2.37. The molecule has 1 N–H and O–H groups in total. The summed E-state index contributed by atoms with van der Waals surface area (Å²) < 4.78 is 0. The highest BCUT2D eigenvalue weighted by molar-refractivity contribution is 5.88. The molecule has 2 nitrogen and oxygen atoms in total. The maximum atomic E-state index is 10.1. The summed E-state index contributed by atoms with van der Waals surface area (Å²) in [4.78, 5) is 4.38. The van der Waals surface area contributed by atoms with Crippen molar-refractivity contribution in [2.75, 3.05) is 0 Å². The molecule has 0 aliphatic rings. The van der Waals surface area contributed by atoms with E-state index in [-0.39, 0.29) is 0 Å². The number of aryl methyl sites for hydroxylation is 2. The minimum atomic E-state index is 0.326. The van der Waals surface area contributed by atoms with Gasteiger partial charge in [0.2, 0.25) is 0 Å². The van der Waals surface area contributed by atoms with Crippen molar-refractivity contribution in [3.8, 4) is 5.75 Å². The highest BCUT2D eigenvalue weighted by atomic mass is 16.3. The van der Waals surface area contributed by atoms with E-state index in [0.29, 0.717) is 5.75 Å². The van der Waals surface area contributed by atoms with E-state index in [9.17, 15) is 5.11 Å². The van der Waals surface area contributed by atoms with Crippen LogP contribution in [0.4, 0.5) is 5.69 Å². The van der Waals surface area contributed by atoms with Gasteiger partial charge in [0.05, 0.1) is 5.69 Å². The van der Waals surface area contributed by atoms with Gasteiger partial charge in [-0.3, -0.25) is 4.99 Å². The third-order valence-electron chi connectivity index (χ3n) is 3.16. The number of rotatable bonds is 2. The van der Waals surface area contributed by atoms with Gasteiger partial charge < -0.3 is 5.11 Å². The molecule has 0 saturated heterocycles. The predicted molar refractivity (Wildman–Crippen MR) is 76.0 cm³/mol. The van der Waals surface area contributed by atoms with Crippen molar-refractivity contribution in [2.45, 2.75) is 20.8 Å². The molecule has 0 heterocycles. The Kier molecular flexibility index (Phi) is 3.47. The lowest BCUT2D eigenvalue weighted by atomic mass is 10.00. The number of hydrogen-bond donors (Lipinski definition) is 1. The van der Waals surface area contributed by atoms with E-state index in [0.717, 1.165) is 27.9 Å². The summed E-state index contributed by atoms with van der Waals surface area (Å²) >= 11 is 0. The maximum Gasteiger partial charge on any atom is 0.127 e. The van der Waals surface area contributed by atoms with E-state index in [1.54, 1.807) is 6.21 Å². The Labute approximate surface area is 108 Å². The number of benzene rings is 2. The molecule has 0 aliphatic carbocycles. The Balaban J connectivity index is 2.41. The Morgan fingerprint density at radius 2 is 1.67 bits per heavy atom. The van der Waals surface area contributed by atoms with Crippen molar-refractivity contribution in [2.24, 2.45) is 4.99 Å². The van der Waals surface area contributed by atoms with Crippen molar-refractivity contribution in [1.29, 1.82) is 0 Å². The number of para-hydroxylation sites is 1. The van der Waals surface area contributed by atoms with Gasteiger partial charge in [-0.05, 0) is 49.6 Å². The summed E-state index contributed by atoms with van der Waals surface area (Å²) in [6, 6.07) is 11.8. The topological polar surface area (TPSA) is 32.6 Å². The molecule has 0 atom stereocenters. The summed E-state index contributed by atoms with van der Waals surface area (Å²) in [5.74, 6) is 0.326. The van der Waals surface area contributed by atoms with Crippen LogP contribution in [0.2, 0.25) is 0 Å². The van der Waals surface area contributed by atoms with Crippen molar-refractivity contribution >= 4 is 11.9 Å². The van der Waals surface area contributed by atoms with Crippen LogP contribution in [0.15, 0.2) is 41.4 Å². The smallest absolute Gasteiger partial charge is 0.127 e. The summed E-state index contributed by atoms with van der Waals surface area (Å²) in [7, 11) is 0. The molecule has 0 bridgehead atoms. The van der Waals surface area contributed by atoms with Crippen LogP contribution in [-0.2, 0) is 0 Å². The van der Waals surface area contributed by atoms with Gasteiger partial charge in [-0.2, -0.15) is 0 Å². The zero-order valence-electron chi connectivity index (χ0n) is 10.9. The Bertz CT molecular complexity index is 586. The summed E-state index contributed by atoms with van der Waals surface area (Å²) in [6.45, 7) is 5.91. The van der Waals surface area contributed by atoms with Crippen LogP contribution in [0.25, 0.3) is 0 Å². The van der Waals surface area contributed by atoms with Gasteiger partial charge in [-0.25, -0.2) is 0 Å². The highest BCUT2D eigenvalue weighted by Crippen LogP contribution is 2.27. The molecule has 0 radical (unpaired) electrons. The zero-order chi connectivity index (χ0) is 13.1. The first-order chi connectivity index (χ1) is 8.59. The van der Waals surface area contributed by atoms with Crippen LogP contribution in [0.1, 0.15) is 22.3 Å². The normalized spacial score (nSPS) is 11.1. The minimum Gasteiger partial charge on any atom is -0.507 e. The molecule has 0 fully saturated rings. The third-order valence-corrected chi connectivity index (χ3v) is 3.16. The Hall–Kier alpha value is -2.09. The fraction of sp³-hybridized carbons (Fsp3) is 0.188. The number of phenols is 1. The summed E-state index contributed by atoms with van der Waals surface area (Å²) in [5, 5.41) is 10.1. The molecule has 0 unspecified atom stereocenters. The van der Waals surface area contributed by atoms with E-state index in [4.69, 9.17) is 0 Å². The second kappa shape index (κ2) is 5.05. The second-order valence-corrected chi connectivity index (χ2v) is 4.49. The number of aromatic hydroxyl groups is 1. The molecular weight excluding hydrogens is 222 g/mol. The highest BCUT2D eigenvalue weighted by Gasteiger charge is 2.08. The zero-order valence-corrected chi connectivity index (χ0v) is 10.9. The first-order valence-corrected chi connectivity index (χ1v) is 5.98. The lowest BCUT2D eigenvalue weighted by Crippen LogP contribution is -1.93. The Morgan fingerprint density at radius 1 is 1.00 bits per heavy atom. The van der Waals surface area contributed by atoms with Crippen molar-refractivity contribution in [3.63, 3.8) is 0 Å². The van der Waals surface area contributed by atoms with Crippen LogP contribution in [0.3, 0.4) is 0 Å². The van der Waals surface area contributed by atoms with Gasteiger partial charge in [-0.15, -0.1) is 0 Å². The molecule has 92 valence electrons. The fourth-order valence-electron chi connectivity index (χ4n) is 1.90. The first-order valence-electron chi connectivity index (χ1n) is 5.98. The van der Waals surface area contributed by atoms with Crippen LogP contribution < -0.4 is 0 Å². The molecule has 0 saturated carbocycles. The molecule has 0 amide bonds. The molecule has 2 aromatic rings. The molecule has 0 spiro atoms. The molecular formula is C16H17NO. The van der Waals surface area contributed by atoms with Gasteiger partial charge in [0.25, 0.3) is 0 Å². The average molecular weight is 239 g/mol. The third kappa shape index (κ3) is 2.43. The van der Waals surface area contributed by atoms with Crippen molar-refractivity contribution in [1.82, 2.24) is 0 Å². The van der Waals surface area contributed by atoms with E-state index < -0.39 is 0 Å². The lowest BCUT2D eigenvalue weighted by molar-refractivity contribution is 0.469. The van der Waals surface area contributed by atoms with Crippen molar-refractivity contribution in [3.05, 3.63) is 58.7 Å². The standard InChI is InChI=1S/C16H17NO/c1-11-9-12(2)15(16(18)13(11)3)10-17-14-7-5-4-6-8-14/h4-10,18H,1-3H3. The molecule has 0 aliphatic heterocycles. The Morgan fingerprint density at radius 3 is 2.33 bits per heavy atom. The minimum absolute atomic E-state index is 0.326. The first kappa shape index (κ1) is 12.4. The van der Waals surface area contributed by atoms with Crippen LogP contribution >= 0.6 is 0 Å². The van der Waals surface area contributed by atoms with Crippen LogP contribution in [0, 0.1) is 20.8 Å². The van der Waals surface area contributed by atoms with Crippen LogP contribution in [0.5, 0.6) is 5.75 Å². The number of hydrogen-bond acceptors (Lipinski definition) is 2. The molecule has 2 rings (SSSR count). The van der Waals surface area contributed by atoms with Crippen molar-refractivity contribution < 1.29 is 5.11 Å². The predicted octanol–water partition coefficient (Wildman–Crippen LogP) is 4.07. The molecule has 2 aromatic carbocycles. The van der Waals surface area contributed by atoms with E-state index in [1.165, 1.54) is 0 Å². The van der Waals surface area contributed by atoms with Gasteiger partial charge in [0.15, 0.2) is 0 Å². The lowest BCUT2D eigenvalue weighted by Gasteiger charge is -2.09. The van der Waals surface area contributed by atoms with E-state index >= 15 is 0 Å².